The van der Waals surface area contributed by atoms with Crippen LogP contribution in [0.1, 0.15) is 42.2 Å². The third-order valence-electron chi connectivity index (χ3n) is 5.88. The first kappa shape index (κ1) is 22.8. The topological polar surface area (TPSA) is 71.0 Å². The normalized spacial score (nSPS) is 17.9. The standard InChI is InChI=1S/C23H25BrFN5OS/c1-14-29-19(20(32-14)15-5-7-17(25)8-6-15)21(31)30-10-4-9-23(2,3)18(30)13-28-22-26-11-16(24)12-27-22/h5-8,11-12,18H,4,9-10,13H2,1-3H3,(H,26,27,28). The van der Waals surface area contributed by atoms with Gasteiger partial charge in [0.2, 0.25) is 5.95 Å². The predicted octanol–water partition coefficient (Wildman–Crippen LogP) is 5.55. The Kier molecular flexibility index (Phi) is 6.57. The van der Waals surface area contributed by atoms with Crippen molar-refractivity contribution >= 4 is 39.1 Å². The number of nitrogens with one attached hydrogen (secondary N) is 1. The maximum absolute atomic E-state index is 13.8. The van der Waals surface area contributed by atoms with E-state index in [1.165, 1.54) is 23.5 Å². The summed E-state index contributed by atoms with van der Waals surface area (Å²) in [5, 5.41) is 4.10. The number of hydrogen-bond donors (Lipinski definition) is 1. The third kappa shape index (κ3) is 4.83. The fraction of sp³-hybridized carbons (Fsp3) is 0.391. The fourth-order valence-electron chi connectivity index (χ4n) is 4.18. The summed E-state index contributed by atoms with van der Waals surface area (Å²) in [5.74, 6) is 0.130. The van der Waals surface area contributed by atoms with E-state index in [4.69, 9.17) is 0 Å². The van der Waals surface area contributed by atoms with Crippen LogP contribution in [0.5, 0.6) is 0 Å². The number of carbonyl (C=O) groups excluding carboxylic acids is 1. The summed E-state index contributed by atoms with van der Waals surface area (Å²) in [5.41, 5.74) is 1.15. The summed E-state index contributed by atoms with van der Waals surface area (Å²) in [7, 11) is 0. The number of anilines is 1. The molecule has 6 nitrogen and oxygen atoms in total. The van der Waals surface area contributed by atoms with Gasteiger partial charge in [0, 0.05) is 25.5 Å². The number of aryl methyl sites for hydroxylation is 1. The Morgan fingerprint density at radius 1 is 1.28 bits per heavy atom. The molecular weight excluding hydrogens is 493 g/mol. The third-order valence-corrected chi connectivity index (χ3v) is 7.31. The minimum absolute atomic E-state index is 0.0564. The van der Waals surface area contributed by atoms with Crippen LogP contribution < -0.4 is 5.32 Å². The van der Waals surface area contributed by atoms with Crippen molar-refractivity contribution in [1.29, 1.82) is 0 Å². The Morgan fingerprint density at radius 2 is 1.97 bits per heavy atom. The van der Waals surface area contributed by atoms with E-state index < -0.39 is 0 Å². The first-order valence-corrected chi connectivity index (χ1v) is 12.1. The number of hydrogen-bond acceptors (Lipinski definition) is 6. The smallest absolute Gasteiger partial charge is 0.274 e. The van der Waals surface area contributed by atoms with Crippen LogP contribution in [0.3, 0.4) is 0 Å². The molecule has 0 spiro atoms. The average molecular weight is 518 g/mol. The molecule has 4 rings (SSSR count). The van der Waals surface area contributed by atoms with Crippen molar-refractivity contribution in [3.05, 3.63) is 57.7 Å². The molecule has 1 N–H and O–H groups in total. The van der Waals surface area contributed by atoms with Crippen LogP contribution in [0.25, 0.3) is 10.4 Å². The van der Waals surface area contributed by atoms with Crippen molar-refractivity contribution in [2.45, 2.75) is 39.7 Å². The lowest BCUT2D eigenvalue weighted by molar-refractivity contribution is 0.0315. The van der Waals surface area contributed by atoms with Gasteiger partial charge in [0.05, 0.1) is 20.4 Å². The fourth-order valence-corrected chi connectivity index (χ4v) is 5.30. The Labute approximate surface area is 199 Å². The van der Waals surface area contributed by atoms with Crippen LogP contribution in [-0.2, 0) is 0 Å². The van der Waals surface area contributed by atoms with Gasteiger partial charge >= 0.3 is 0 Å². The van der Waals surface area contributed by atoms with Crippen molar-refractivity contribution < 1.29 is 9.18 Å². The highest BCUT2D eigenvalue weighted by atomic mass is 79.9. The highest BCUT2D eigenvalue weighted by Crippen LogP contribution is 2.38. The largest absolute Gasteiger partial charge is 0.352 e. The van der Waals surface area contributed by atoms with E-state index in [1.807, 2.05) is 11.8 Å². The highest BCUT2D eigenvalue weighted by Gasteiger charge is 2.41. The van der Waals surface area contributed by atoms with Gasteiger partial charge in [0.25, 0.3) is 5.91 Å². The molecule has 9 heteroatoms. The van der Waals surface area contributed by atoms with Gasteiger partial charge in [-0.3, -0.25) is 4.79 Å². The van der Waals surface area contributed by atoms with Crippen molar-refractivity contribution in [3.63, 3.8) is 0 Å². The lowest BCUT2D eigenvalue weighted by Crippen LogP contribution is -2.55. The molecule has 3 heterocycles. The SMILES string of the molecule is Cc1nc(C(=O)N2CCCC(C)(C)C2CNc2ncc(Br)cn2)c(-c2ccc(F)cc2)s1. The number of rotatable bonds is 5. The maximum atomic E-state index is 13.8. The first-order chi connectivity index (χ1) is 15.2. The summed E-state index contributed by atoms with van der Waals surface area (Å²) < 4.78 is 14.2. The second-order valence-electron chi connectivity index (χ2n) is 8.63. The summed E-state index contributed by atoms with van der Waals surface area (Å²) in [6.07, 6.45) is 5.33. The number of carbonyl (C=O) groups is 1. The average Bonchev–Trinajstić information content (AvgIpc) is 3.15. The lowest BCUT2D eigenvalue weighted by atomic mass is 9.76. The molecule has 3 aromatic rings. The van der Waals surface area contributed by atoms with Gasteiger partial charge in [-0.1, -0.05) is 26.0 Å². The lowest BCUT2D eigenvalue weighted by Gasteiger charge is -2.46. The molecule has 1 aliphatic heterocycles. The van der Waals surface area contributed by atoms with Crippen LogP contribution in [0.4, 0.5) is 10.3 Å². The molecule has 1 fully saturated rings. The molecule has 1 saturated heterocycles. The van der Waals surface area contributed by atoms with Gasteiger partial charge in [0.15, 0.2) is 0 Å². The molecule has 1 unspecified atom stereocenters. The highest BCUT2D eigenvalue weighted by molar-refractivity contribution is 9.10. The Bertz CT molecular complexity index is 1100. The number of halogens is 2. The quantitative estimate of drug-likeness (QED) is 0.480. The van der Waals surface area contributed by atoms with Crippen LogP contribution in [0.2, 0.25) is 0 Å². The summed E-state index contributed by atoms with van der Waals surface area (Å²) >= 11 is 4.80. The zero-order valence-electron chi connectivity index (χ0n) is 18.2. The van der Waals surface area contributed by atoms with Crippen molar-refractivity contribution in [3.8, 4) is 10.4 Å². The molecule has 1 atom stereocenters. The van der Waals surface area contributed by atoms with Gasteiger partial charge in [0.1, 0.15) is 11.5 Å². The number of amides is 1. The molecule has 1 aliphatic rings. The molecule has 0 aliphatic carbocycles. The van der Waals surface area contributed by atoms with Crippen molar-refractivity contribution in [2.24, 2.45) is 5.41 Å². The number of nitrogens with zero attached hydrogens (tertiary/aromatic N) is 4. The predicted molar refractivity (Wildman–Crippen MR) is 128 cm³/mol. The molecule has 0 radical (unpaired) electrons. The molecule has 32 heavy (non-hydrogen) atoms. The first-order valence-electron chi connectivity index (χ1n) is 10.5. The molecule has 0 bridgehead atoms. The summed E-state index contributed by atoms with van der Waals surface area (Å²) in [6.45, 7) is 7.46. The Morgan fingerprint density at radius 3 is 2.66 bits per heavy atom. The minimum atomic E-state index is -0.304. The van der Waals surface area contributed by atoms with E-state index in [1.54, 1.807) is 24.5 Å². The molecule has 1 aromatic carbocycles. The van der Waals surface area contributed by atoms with E-state index in [0.29, 0.717) is 24.7 Å². The number of piperidine rings is 1. The van der Waals surface area contributed by atoms with E-state index in [0.717, 1.165) is 32.8 Å². The second-order valence-corrected chi connectivity index (χ2v) is 10.7. The number of likely N-dealkylation sites (tertiary alicyclic amines) is 1. The van der Waals surface area contributed by atoms with E-state index in [2.05, 4.69) is 50.0 Å². The second kappa shape index (κ2) is 9.23. The van der Waals surface area contributed by atoms with Crippen LogP contribution in [0.15, 0.2) is 41.1 Å². The van der Waals surface area contributed by atoms with Gasteiger partial charge in [-0.25, -0.2) is 19.3 Å². The van der Waals surface area contributed by atoms with E-state index in [-0.39, 0.29) is 23.2 Å². The van der Waals surface area contributed by atoms with Crippen LogP contribution in [-0.4, -0.2) is 44.9 Å². The van der Waals surface area contributed by atoms with Crippen molar-refractivity contribution in [2.75, 3.05) is 18.4 Å². The van der Waals surface area contributed by atoms with Gasteiger partial charge in [-0.2, -0.15) is 0 Å². The van der Waals surface area contributed by atoms with E-state index in [9.17, 15) is 9.18 Å². The molecular formula is C23H25BrFN5OS. The van der Waals surface area contributed by atoms with Crippen molar-refractivity contribution in [1.82, 2.24) is 19.9 Å². The summed E-state index contributed by atoms with van der Waals surface area (Å²) in [4.78, 5) is 29.6. The van der Waals surface area contributed by atoms with Crippen LogP contribution in [0, 0.1) is 18.2 Å². The zero-order valence-corrected chi connectivity index (χ0v) is 20.6. The van der Waals surface area contributed by atoms with E-state index >= 15 is 0 Å². The molecule has 168 valence electrons. The zero-order chi connectivity index (χ0) is 22.9. The van der Waals surface area contributed by atoms with Crippen LogP contribution >= 0.6 is 27.3 Å². The number of thiazole rings is 1. The Balaban J connectivity index is 1.62. The summed E-state index contributed by atoms with van der Waals surface area (Å²) in [6, 6.07) is 6.16. The monoisotopic (exact) mass is 517 g/mol. The minimum Gasteiger partial charge on any atom is -0.352 e. The molecule has 2 aromatic heterocycles. The Hall–Kier alpha value is -2.39. The number of aromatic nitrogens is 3. The van der Waals surface area contributed by atoms with Gasteiger partial charge in [-0.05, 0) is 58.8 Å². The van der Waals surface area contributed by atoms with Gasteiger partial charge < -0.3 is 10.2 Å². The molecule has 0 saturated carbocycles. The number of benzene rings is 1. The van der Waals surface area contributed by atoms with Gasteiger partial charge in [-0.15, -0.1) is 11.3 Å². The molecule has 1 amide bonds. The maximum Gasteiger partial charge on any atom is 0.274 e.